The Labute approximate surface area is 142 Å². The minimum absolute atomic E-state index is 0.00301. The van der Waals surface area contributed by atoms with Crippen molar-refractivity contribution in [2.45, 2.75) is 45.6 Å². The molecule has 2 aliphatic rings. The molecule has 1 fully saturated rings. The zero-order valence-electron chi connectivity index (χ0n) is 14.5. The van der Waals surface area contributed by atoms with Gasteiger partial charge in [-0.1, -0.05) is 19.9 Å². The van der Waals surface area contributed by atoms with Crippen molar-refractivity contribution in [3.8, 4) is 5.75 Å². The lowest BCUT2D eigenvalue weighted by Gasteiger charge is -2.40. The van der Waals surface area contributed by atoms with Crippen LogP contribution in [0.1, 0.15) is 50.3 Å². The average Bonchev–Trinajstić information content (AvgIpc) is 3.33. The Balaban J connectivity index is 1.86. The van der Waals surface area contributed by atoms with E-state index >= 15 is 0 Å². The summed E-state index contributed by atoms with van der Waals surface area (Å²) in [7, 11) is 1.65. The molecule has 0 spiro atoms. The molecule has 1 aromatic carbocycles. The van der Waals surface area contributed by atoms with Crippen molar-refractivity contribution in [2.75, 3.05) is 13.7 Å². The normalized spacial score (nSPS) is 21.3. The first-order chi connectivity index (χ1) is 11.4. The maximum Gasteiger partial charge on any atom is 0.310 e. The summed E-state index contributed by atoms with van der Waals surface area (Å²) in [5.41, 5.74) is 1.57. The lowest BCUT2D eigenvalue weighted by molar-refractivity contribution is -0.148. The van der Waals surface area contributed by atoms with Crippen LogP contribution in [-0.4, -0.2) is 35.5 Å². The molecule has 1 saturated carbocycles. The molecule has 24 heavy (non-hydrogen) atoms. The Kier molecular flexibility index (Phi) is 4.28. The largest absolute Gasteiger partial charge is 0.497 e. The Morgan fingerprint density at radius 1 is 1.38 bits per heavy atom. The molecule has 0 bridgehead atoms. The van der Waals surface area contributed by atoms with E-state index in [1.165, 1.54) is 5.56 Å². The summed E-state index contributed by atoms with van der Waals surface area (Å²) in [6, 6.07) is 6.02. The molecule has 1 heterocycles. The Bertz CT molecular complexity index is 663. The molecular formula is C19H25NO4. The number of methoxy groups -OCH3 is 1. The van der Waals surface area contributed by atoms with Gasteiger partial charge in [0.05, 0.1) is 18.6 Å². The minimum atomic E-state index is -0.834. The van der Waals surface area contributed by atoms with Gasteiger partial charge in [0.2, 0.25) is 5.91 Å². The van der Waals surface area contributed by atoms with Crippen LogP contribution in [0.5, 0.6) is 5.75 Å². The van der Waals surface area contributed by atoms with E-state index in [0.29, 0.717) is 19.4 Å². The Morgan fingerprint density at radius 3 is 2.62 bits per heavy atom. The Morgan fingerprint density at radius 2 is 2.08 bits per heavy atom. The number of carbonyl (C=O) groups excluding carboxylic acids is 1. The van der Waals surface area contributed by atoms with E-state index in [0.717, 1.165) is 17.7 Å². The number of carboxylic acids is 1. The van der Waals surface area contributed by atoms with E-state index in [1.54, 1.807) is 7.11 Å². The molecule has 0 radical (unpaired) electrons. The van der Waals surface area contributed by atoms with Gasteiger partial charge in [0, 0.05) is 13.0 Å². The molecule has 0 aromatic heterocycles. The number of aliphatic carboxylic acids is 1. The van der Waals surface area contributed by atoms with Crippen molar-refractivity contribution in [3.63, 3.8) is 0 Å². The average molecular weight is 331 g/mol. The second-order valence-corrected chi connectivity index (χ2v) is 7.35. The first-order valence-corrected chi connectivity index (χ1v) is 8.57. The lowest BCUT2D eigenvalue weighted by atomic mass is 9.85. The second kappa shape index (κ2) is 6.11. The third-order valence-electron chi connectivity index (χ3n) is 5.38. The number of fused-ring (bicyclic) bond motifs is 1. The van der Waals surface area contributed by atoms with E-state index in [1.807, 2.05) is 23.1 Å². The number of carboxylic acid groups (broad SMARTS) is 1. The highest BCUT2D eigenvalue weighted by Crippen LogP contribution is 2.50. The zero-order valence-corrected chi connectivity index (χ0v) is 14.5. The van der Waals surface area contributed by atoms with Crippen LogP contribution in [0.4, 0.5) is 0 Å². The molecule has 3 rings (SSSR count). The summed E-state index contributed by atoms with van der Waals surface area (Å²) in [6.45, 7) is 4.85. The SMILES string of the molecule is COc1ccc2c(c1)CCN(C(=O)CC1(C(=O)O)CC1)C2C(C)C. The van der Waals surface area contributed by atoms with Gasteiger partial charge in [-0.2, -0.15) is 0 Å². The van der Waals surface area contributed by atoms with Crippen molar-refractivity contribution in [1.29, 1.82) is 0 Å². The number of rotatable bonds is 5. The molecule has 1 amide bonds. The van der Waals surface area contributed by atoms with Gasteiger partial charge < -0.3 is 14.7 Å². The first kappa shape index (κ1) is 16.8. The van der Waals surface area contributed by atoms with E-state index in [-0.39, 0.29) is 24.3 Å². The topological polar surface area (TPSA) is 66.8 Å². The molecular weight excluding hydrogens is 306 g/mol. The van der Waals surface area contributed by atoms with Gasteiger partial charge in [0.15, 0.2) is 0 Å². The molecule has 130 valence electrons. The highest BCUT2D eigenvalue weighted by Gasteiger charge is 2.52. The lowest BCUT2D eigenvalue weighted by Crippen LogP contribution is -2.43. The fourth-order valence-corrected chi connectivity index (χ4v) is 3.77. The number of hydrogen-bond acceptors (Lipinski definition) is 3. The maximum atomic E-state index is 12.8. The molecule has 5 nitrogen and oxygen atoms in total. The quantitative estimate of drug-likeness (QED) is 0.900. The molecule has 5 heteroatoms. The van der Waals surface area contributed by atoms with Crippen molar-refractivity contribution >= 4 is 11.9 Å². The summed E-state index contributed by atoms with van der Waals surface area (Å²) in [6.07, 6.45) is 2.13. The molecule has 1 N–H and O–H groups in total. The molecule has 1 aliphatic carbocycles. The summed E-state index contributed by atoms with van der Waals surface area (Å²) in [4.78, 5) is 26.1. The van der Waals surface area contributed by atoms with E-state index in [4.69, 9.17) is 4.74 Å². The third kappa shape index (κ3) is 2.87. The number of amides is 1. The van der Waals surface area contributed by atoms with Crippen LogP contribution >= 0.6 is 0 Å². The van der Waals surface area contributed by atoms with Gasteiger partial charge in [-0.25, -0.2) is 0 Å². The molecule has 0 saturated heterocycles. The van der Waals surface area contributed by atoms with Gasteiger partial charge in [-0.05, 0) is 48.4 Å². The van der Waals surface area contributed by atoms with Crippen LogP contribution in [0.15, 0.2) is 18.2 Å². The van der Waals surface area contributed by atoms with Gasteiger partial charge in [0.25, 0.3) is 0 Å². The molecule has 1 aromatic rings. The van der Waals surface area contributed by atoms with Crippen LogP contribution in [0.25, 0.3) is 0 Å². The highest BCUT2D eigenvalue weighted by molar-refractivity contribution is 5.87. The van der Waals surface area contributed by atoms with Crippen LogP contribution in [0.3, 0.4) is 0 Å². The van der Waals surface area contributed by atoms with Crippen molar-refractivity contribution in [3.05, 3.63) is 29.3 Å². The number of carbonyl (C=O) groups is 2. The summed E-state index contributed by atoms with van der Waals surface area (Å²) in [5, 5.41) is 9.36. The van der Waals surface area contributed by atoms with Crippen LogP contribution < -0.4 is 4.74 Å². The second-order valence-electron chi connectivity index (χ2n) is 7.35. The van der Waals surface area contributed by atoms with Crippen molar-refractivity contribution in [1.82, 2.24) is 4.90 Å². The van der Waals surface area contributed by atoms with E-state index in [9.17, 15) is 14.7 Å². The fourth-order valence-electron chi connectivity index (χ4n) is 3.77. The standard InChI is InChI=1S/C19H25NO4/c1-12(2)17-15-5-4-14(24-3)10-13(15)6-9-20(17)16(21)11-19(7-8-19)18(22)23/h4-5,10,12,17H,6-9,11H2,1-3H3,(H,22,23). The van der Waals surface area contributed by atoms with Crippen LogP contribution in [0, 0.1) is 11.3 Å². The van der Waals surface area contributed by atoms with E-state index < -0.39 is 11.4 Å². The minimum Gasteiger partial charge on any atom is -0.497 e. The van der Waals surface area contributed by atoms with Crippen LogP contribution in [0.2, 0.25) is 0 Å². The third-order valence-corrected chi connectivity index (χ3v) is 5.38. The maximum absolute atomic E-state index is 12.8. The zero-order chi connectivity index (χ0) is 17.5. The van der Waals surface area contributed by atoms with Crippen molar-refractivity contribution < 1.29 is 19.4 Å². The molecule has 1 atom stereocenters. The summed E-state index contributed by atoms with van der Waals surface area (Å²) in [5.74, 6) is 0.231. The summed E-state index contributed by atoms with van der Waals surface area (Å²) >= 11 is 0. The van der Waals surface area contributed by atoms with Crippen LogP contribution in [-0.2, 0) is 16.0 Å². The predicted molar refractivity (Wildman–Crippen MR) is 89.9 cm³/mol. The monoisotopic (exact) mass is 331 g/mol. The predicted octanol–water partition coefficient (Wildman–Crippen LogP) is 3.03. The number of nitrogens with zero attached hydrogens (tertiary/aromatic N) is 1. The number of hydrogen-bond donors (Lipinski definition) is 1. The van der Waals surface area contributed by atoms with Gasteiger partial charge in [-0.3, -0.25) is 9.59 Å². The summed E-state index contributed by atoms with van der Waals surface area (Å²) < 4.78 is 5.30. The first-order valence-electron chi connectivity index (χ1n) is 8.57. The molecule has 1 unspecified atom stereocenters. The fraction of sp³-hybridized carbons (Fsp3) is 0.579. The Hall–Kier alpha value is -2.04. The molecule has 1 aliphatic heterocycles. The van der Waals surface area contributed by atoms with Gasteiger partial charge in [0.1, 0.15) is 5.75 Å². The number of ether oxygens (including phenoxy) is 1. The van der Waals surface area contributed by atoms with Gasteiger partial charge >= 0.3 is 5.97 Å². The highest BCUT2D eigenvalue weighted by atomic mass is 16.5. The smallest absolute Gasteiger partial charge is 0.310 e. The van der Waals surface area contributed by atoms with Gasteiger partial charge in [-0.15, -0.1) is 0 Å². The van der Waals surface area contributed by atoms with E-state index in [2.05, 4.69) is 13.8 Å². The van der Waals surface area contributed by atoms with Crippen molar-refractivity contribution in [2.24, 2.45) is 11.3 Å². The number of benzene rings is 1.